The first-order valence-electron chi connectivity index (χ1n) is 7.23. The van der Waals surface area contributed by atoms with Gasteiger partial charge in [-0.3, -0.25) is 4.79 Å². The van der Waals surface area contributed by atoms with Gasteiger partial charge >= 0.3 is 0 Å². The van der Waals surface area contributed by atoms with Crippen LogP contribution in [0.2, 0.25) is 0 Å². The number of unbranched alkanes of at least 4 members (excludes halogenated alkanes) is 2. The van der Waals surface area contributed by atoms with E-state index in [0.717, 1.165) is 24.9 Å². The van der Waals surface area contributed by atoms with Crippen LogP contribution < -0.4 is 10.6 Å². The molecular weight excluding hydrogens is 264 g/mol. The molecule has 0 unspecified atom stereocenters. The lowest BCUT2D eigenvalue weighted by atomic mass is 10.2. The molecule has 1 aromatic carbocycles. The predicted octanol–water partition coefficient (Wildman–Crippen LogP) is 3.14. The molecular formula is C16H20N4O. The number of para-hydroxylation sites is 1. The van der Waals surface area contributed by atoms with Crippen molar-refractivity contribution in [2.24, 2.45) is 0 Å². The second-order valence-electron chi connectivity index (χ2n) is 4.72. The summed E-state index contributed by atoms with van der Waals surface area (Å²) in [6, 6.07) is 11.2. The number of hydrogen-bond acceptors (Lipinski definition) is 4. The highest BCUT2D eigenvalue weighted by Gasteiger charge is 2.08. The van der Waals surface area contributed by atoms with Crippen LogP contribution in [0.4, 0.5) is 11.6 Å². The van der Waals surface area contributed by atoms with Gasteiger partial charge in [0.15, 0.2) is 0 Å². The van der Waals surface area contributed by atoms with Gasteiger partial charge < -0.3 is 10.6 Å². The first-order chi connectivity index (χ1) is 10.3. The fraction of sp³-hybridized carbons (Fsp3) is 0.312. The highest BCUT2D eigenvalue weighted by atomic mass is 16.1. The number of aromatic nitrogens is 2. The topological polar surface area (TPSA) is 66.9 Å². The Morgan fingerprint density at radius 2 is 1.95 bits per heavy atom. The number of hydrogen-bond donors (Lipinski definition) is 2. The average Bonchev–Trinajstić information content (AvgIpc) is 2.53. The Labute approximate surface area is 124 Å². The predicted molar refractivity (Wildman–Crippen MR) is 83.6 cm³/mol. The van der Waals surface area contributed by atoms with E-state index in [2.05, 4.69) is 27.5 Å². The Bertz CT molecular complexity index is 571. The van der Waals surface area contributed by atoms with Crippen LogP contribution in [0.15, 0.2) is 42.6 Å². The normalized spacial score (nSPS) is 10.1. The zero-order chi connectivity index (χ0) is 14.9. The maximum absolute atomic E-state index is 12.0. The van der Waals surface area contributed by atoms with Crippen LogP contribution in [-0.4, -0.2) is 22.4 Å². The van der Waals surface area contributed by atoms with Gasteiger partial charge in [-0.1, -0.05) is 38.0 Å². The Kier molecular flexibility index (Phi) is 5.70. The van der Waals surface area contributed by atoms with Crippen molar-refractivity contribution in [1.29, 1.82) is 0 Å². The van der Waals surface area contributed by atoms with Gasteiger partial charge in [0.2, 0.25) is 5.95 Å². The fourth-order valence-corrected chi connectivity index (χ4v) is 1.86. The van der Waals surface area contributed by atoms with Crippen molar-refractivity contribution in [1.82, 2.24) is 15.3 Å². The molecule has 2 N–H and O–H groups in total. The van der Waals surface area contributed by atoms with Crippen molar-refractivity contribution in [2.75, 3.05) is 11.9 Å². The molecule has 0 saturated carbocycles. The Morgan fingerprint density at radius 1 is 1.14 bits per heavy atom. The molecule has 0 aliphatic rings. The molecule has 0 saturated heterocycles. The van der Waals surface area contributed by atoms with Gasteiger partial charge in [0.1, 0.15) is 5.69 Å². The van der Waals surface area contributed by atoms with E-state index in [9.17, 15) is 4.79 Å². The first kappa shape index (κ1) is 15.0. The summed E-state index contributed by atoms with van der Waals surface area (Å²) in [5.74, 6) is 0.257. The minimum absolute atomic E-state index is 0.162. The number of carbonyl (C=O) groups is 1. The molecule has 5 heteroatoms. The number of rotatable bonds is 7. The van der Waals surface area contributed by atoms with Crippen molar-refractivity contribution in [3.8, 4) is 0 Å². The minimum Gasteiger partial charge on any atom is -0.351 e. The maximum atomic E-state index is 12.0. The summed E-state index contributed by atoms with van der Waals surface area (Å²) in [5.41, 5.74) is 1.26. The number of nitrogens with zero attached hydrogens (tertiary/aromatic N) is 2. The molecule has 2 rings (SSSR count). The van der Waals surface area contributed by atoms with E-state index in [1.807, 2.05) is 30.3 Å². The molecule has 2 aromatic rings. The van der Waals surface area contributed by atoms with Crippen LogP contribution in [0.25, 0.3) is 0 Å². The molecule has 1 amide bonds. The molecule has 1 aromatic heterocycles. The SMILES string of the molecule is CCCCCNC(=O)c1ccnc(Nc2ccccc2)n1. The quantitative estimate of drug-likeness (QED) is 0.766. The van der Waals surface area contributed by atoms with E-state index in [0.29, 0.717) is 18.2 Å². The molecule has 21 heavy (non-hydrogen) atoms. The van der Waals surface area contributed by atoms with E-state index in [4.69, 9.17) is 0 Å². The summed E-state index contributed by atoms with van der Waals surface area (Å²) in [5, 5.41) is 5.94. The molecule has 0 fully saturated rings. The summed E-state index contributed by atoms with van der Waals surface area (Å²) >= 11 is 0. The second kappa shape index (κ2) is 7.99. The number of nitrogens with one attached hydrogen (secondary N) is 2. The summed E-state index contributed by atoms with van der Waals surface area (Å²) in [6.07, 6.45) is 4.82. The molecule has 0 bridgehead atoms. The number of anilines is 2. The Balaban J connectivity index is 1.95. The average molecular weight is 284 g/mol. The minimum atomic E-state index is -0.162. The fourth-order valence-electron chi connectivity index (χ4n) is 1.86. The van der Waals surface area contributed by atoms with Crippen LogP contribution in [0.5, 0.6) is 0 Å². The van der Waals surface area contributed by atoms with Gasteiger partial charge in [-0.15, -0.1) is 0 Å². The van der Waals surface area contributed by atoms with Crippen molar-refractivity contribution in [3.05, 3.63) is 48.3 Å². The lowest BCUT2D eigenvalue weighted by molar-refractivity contribution is 0.0948. The smallest absolute Gasteiger partial charge is 0.270 e. The first-order valence-corrected chi connectivity index (χ1v) is 7.23. The second-order valence-corrected chi connectivity index (χ2v) is 4.72. The summed E-state index contributed by atoms with van der Waals surface area (Å²) in [6.45, 7) is 2.81. The lowest BCUT2D eigenvalue weighted by Crippen LogP contribution is -2.25. The number of amides is 1. The van der Waals surface area contributed by atoms with Crippen LogP contribution in [0.3, 0.4) is 0 Å². The van der Waals surface area contributed by atoms with Gasteiger partial charge in [-0.05, 0) is 24.6 Å². The van der Waals surface area contributed by atoms with E-state index in [-0.39, 0.29) is 5.91 Å². The maximum Gasteiger partial charge on any atom is 0.270 e. The largest absolute Gasteiger partial charge is 0.351 e. The van der Waals surface area contributed by atoms with Crippen molar-refractivity contribution >= 4 is 17.5 Å². The third-order valence-electron chi connectivity index (χ3n) is 2.98. The van der Waals surface area contributed by atoms with Crippen LogP contribution in [-0.2, 0) is 0 Å². The zero-order valence-electron chi connectivity index (χ0n) is 12.2. The summed E-state index contributed by atoms with van der Waals surface area (Å²) in [4.78, 5) is 20.3. The van der Waals surface area contributed by atoms with Crippen molar-refractivity contribution in [3.63, 3.8) is 0 Å². The molecule has 0 spiro atoms. The van der Waals surface area contributed by atoms with Crippen LogP contribution in [0.1, 0.15) is 36.7 Å². The molecule has 110 valence electrons. The van der Waals surface area contributed by atoms with E-state index < -0.39 is 0 Å². The van der Waals surface area contributed by atoms with Gasteiger partial charge in [0, 0.05) is 18.4 Å². The van der Waals surface area contributed by atoms with Gasteiger partial charge in [0.25, 0.3) is 5.91 Å². The highest BCUT2D eigenvalue weighted by molar-refractivity contribution is 5.92. The lowest BCUT2D eigenvalue weighted by Gasteiger charge is -2.07. The van der Waals surface area contributed by atoms with Crippen LogP contribution in [0, 0.1) is 0 Å². The zero-order valence-corrected chi connectivity index (χ0v) is 12.2. The Morgan fingerprint density at radius 3 is 2.71 bits per heavy atom. The van der Waals surface area contributed by atoms with Crippen LogP contribution >= 0.6 is 0 Å². The van der Waals surface area contributed by atoms with E-state index in [1.165, 1.54) is 0 Å². The van der Waals surface area contributed by atoms with E-state index >= 15 is 0 Å². The molecule has 0 atom stereocenters. The summed E-state index contributed by atoms with van der Waals surface area (Å²) < 4.78 is 0. The third kappa shape index (κ3) is 4.87. The number of carbonyl (C=O) groups excluding carboxylic acids is 1. The third-order valence-corrected chi connectivity index (χ3v) is 2.98. The highest BCUT2D eigenvalue weighted by Crippen LogP contribution is 2.11. The molecule has 0 aliphatic heterocycles. The monoisotopic (exact) mass is 284 g/mol. The standard InChI is InChI=1S/C16H20N4O/c1-2-3-7-11-17-15(21)14-10-12-18-16(20-14)19-13-8-5-4-6-9-13/h4-6,8-10,12H,2-3,7,11H2,1H3,(H,17,21)(H,18,19,20). The van der Waals surface area contributed by atoms with Gasteiger partial charge in [-0.25, -0.2) is 9.97 Å². The molecule has 5 nitrogen and oxygen atoms in total. The molecule has 0 radical (unpaired) electrons. The number of benzene rings is 1. The summed E-state index contributed by atoms with van der Waals surface area (Å²) in [7, 11) is 0. The Hall–Kier alpha value is -2.43. The van der Waals surface area contributed by atoms with E-state index in [1.54, 1.807) is 12.3 Å². The van der Waals surface area contributed by atoms with Crippen molar-refractivity contribution < 1.29 is 4.79 Å². The molecule has 1 heterocycles. The van der Waals surface area contributed by atoms with Gasteiger partial charge in [-0.2, -0.15) is 0 Å². The van der Waals surface area contributed by atoms with Crippen molar-refractivity contribution in [2.45, 2.75) is 26.2 Å². The molecule has 0 aliphatic carbocycles. The van der Waals surface area contributed by atoms with Gasteiger partial charge in [0.05, 0.1) is 0 Å².